The van der Waals surface area contributed by atoms with Crippen LogP contribution in [0.1, 0.15) is 26.3 Å². The van der Waals surface area contributed by atoms with Crippen molar-refractivity contribution >= 4 is 28.9 Å². The summed E-state index contributed by atoms with van der Waals surface area (Å²) in [7, 11) is 0. The first-order valence-electron chi connectivity index (χ1n) is 5.40. The molecule has 0 saturated heterocycles. The Morgan fingerprint density at radius 1 is 1.16 bits per heavy atom. The van der Waals surface area contributed by atoms with Crippen LogP contribution >= 0.6 is 23.2 Å². The van der Waals surface area contributed by atoms with E-state index in [9.17, 15) is 0 Å². The van der Waals surface area contributed by atoms with Gasteiger partial charge in [-0.1, -0.05) is 44.0 Å². The van der Waals surface area contributed by atoms with Gasteiger partial charge in [0.25, 0.3) is 0 Å². The van der Waals surface area contributed by atoms with Crippen LogP contribution in [0.15, 0.2) is 18.3 Å². The zero-order chi connectivity index (χ0) is 12.6. The summed E-state index contributed by atoms with van der Waals surface area (Å²) >= 11 is 12.3. The first-order chi connectivity index (χ1) is 7.87. The Hall–Kier alpha value is -0.212. The molecule has 0 unspecified atom stereocenters. The molecule has 0 aliphatic carbocycles. The van der Waals surface area contributed by atoms with Crippen molar-refractivity contribution in [3.05, 3.63) is 45.4 Å². The summed E-state index contributed by atoms with van der Waals surface area (Å²) in [4.78, 5) is 0. The molecule has 0 aromatic heterocycles. The maximum absolute atomic E-state index is 6.16. The standard InChI is InChI=1S/C13H14Cl2NO.H2N.W/c1-13(2,3)7-17-12-9(14)4-8(5-10(12)15)11-6-16-11;;/h4-6H,7H2,1-3H3;1H2;/q2*-1;+2. The van der Waals surface area contributed by atoms with Crippen molar-refractivity contribution < 1.29 is 25.8 Å². The van der Waals surface area contributed by atoms with Crippen molar-refractivity contribution in [2.45, 2.75) is 20.8 Å². The summed E-state index contributed by atoms with van der Waals surface area (Å²) in [5.41, 5.74) is 1.93. The fraction of sp³-hybridized carbons (Fsp3) is 0.385. The van der Waals surface area contributed by atoms with Crippen LogP contribution in [0.4, 0.5) is 0 Å². The summed E-state index contributed by atoms with van der Waals surface area (Å²) in [5, 5.41) is 5.06. The molecule has 19 heavy (non-hydrogen) atoms. The van der Waals surface area contributed by atoms with E-state index in [0.717, 1.165) is 11.3 Å². The van der Waals surface area contributed by atoms with Crippen molar-refractivity contribution in [1.29, 1.82) is 0 Å². The molecule has 0 radical (unpaired) electrons. The fourth-order valence-electron chi connectivity index (χ4n) is 1.32. The molecule has 0 bridgehead atoms. The Kier molecular flexibility index (Phi) is 6.91. The molecule has 3 nitrogen and oxygen atoms in total. The number of rotatable bonds is 3. The average Bonchev–Trinajstić information content (AvgIpc) is 2.96. The molecule has 0 saturated carbocycles. The molecule has 0 amide bonds. The first kappa shape index (κ1) is 18.8. The summed E-state index contributed by atoms with van der Waals surface area (Å²) in [5.74, 6) is 0.549. The van der Waals surface area contributed by atoms with Gasteiger partial charge < -0.3 is 16.2 Å². The average molecular weight is 471 g/mol. The van der Waals surface area contributed by atoms with E-state index < -0.39 is 0 Å². The number of benzene rings is 1. The molecule has 1 aliphatic heterocycles. The molecular weight excluding hydrogens is 455 g/mol. The second-order valence-corrected chi connectivity index (χ2v) is 6.08. The first-order valence-corrected chi connectivity index (χ1v) is 6.16. The predicted octanol–water partition coefficient (Wildman–Crippen LogP) is 5.82. The van der Waals surface area contributed by atoms with Crippen LogP contribution in [0.2, 0.25) is 10.0 Å². The molecule has 2 rings (SSSR count). The van der Waals surface area contributed by atoms with E-state index in [2.05, 4.69) is 26.1 Å². The molecule has 6 heteroatoms. The monoisotopic (exact) mass is 470 g/mol. The minimum Gasteiger partial charge on any atom is -0.693 e. The Bertz CT molecular complexity index is 461. The van der Waals surface area contributed by atoms with Crippen LogP contribution in [-0.2, 0) is 21.1 Å². The van der Waals surface area contributed by atoms with Gasteiger partial charge >= 0.3 is 21.1 Å². The summed E-state index contributed by atoms with van der Waals surface area (Å²) in [6.07, 6.45) is 1.78. The molecule has 1 heterocycles. The molecule has 0 fully saturated rings. The molecular formula is C13H16Cl2N2OW. The minimum atomic E-state index is 0. The van der Waals surface area contributed by atoms with Crippen molar-refractivity contribution in [2.75, 3.05) is 6.61 Å². The largest absolute Gasteiger partial charge is 2.00 e. The van der Waals surface area contributed by atoms with Crippen LogP contribution < -0.4 is 4.74 Å². The number of hydrogen-bond acceptors (Lipinski definition) is 1. The number of hydrogen-bond donors (Lipinski definition) is 0. The molecule has 1 aromatic carbocycles. The van der Waals surface area contributed by atoms with Crippen molar-refractivity contribution in [3.63, 3.8) is 0 Å². The van der Waals surface area contributed by atoms with Crippen LogP contribution in [0.3, 0.4) is 0 Å². The van der Waals surface area contributed by atoms with E-state index in [1.165, 1.54) is 0 Å². The van der Waals surface area contributed by atoms with Gasteiger partial charge in [-0.25, -0.2) is 0 Å². The number of halogens is 2. The van der Waals surface area contributed by atoms with E-state index in [1.807, 2.05) is 12.1 Å². The molecule has 1 aliphatic rings. The third-order valence-electron chi connectivity index (χ3n) is 2.20. The second kappa shape index (κ2) is 6.99. The fourth-order valence-corrected chi connectivity index (χ4v) is 1.91. The van der Waals surface area contributed by atoms with Gasteiger partial charge in [-0.05, 0) is 23.1 Å². The quantitative estimate of drug-likeness (QED) is 0.549. The maximum Gasteiger partial charge on any atom is 2.00 e. The molecule has 104 valence electrons. The van der Waals surface area contributed by atoms with Gasteiger partial charge in [0.15, 0.2) is 5.75 Å². The SMILES string of the molecule is CC(C)(C)COc1c(Cl)cc(C2=C[N-]2)cc1Cl.[NH2-].[W+2]. The third kappa shape index (κ3) is 5.35. The van der Waals surface area contributed by atoms with E-state index in [0.29, 0.717) is 22.4 Å². The van der Waals surface area contributed by atoms with Crippen molar-refractivity contribution in [2.24, 2.45) is 5.41 Å². The molecule has 0 spiro atoms. The van der Waals surface area contributed by atoms with Crippen LogP contribution in [0.5, 0.6) is 5.75 Å². The smallest absolute Gasteiger partial charge is 0.693 e. The van der Waals surface area contributed by atoms with Crippen LogP contribution in [-0.4, -0.2) is 6.61 Å². The van der Waals surface area contributed by atoms with Gasteiger partial charge in [0.05, 0.1) is 16.7 Å². The Morgan fingerprint density at radius 3 is 2.00 bits per heavy atom. The Labute approximate surface area is 138 Å². The normalized spacial score (nSPS) is 12.6. The van der Waals surface area contributed by atoms with E-state index >= 15 is 0 Å². The van der Waals surface area contributed by atoms with Crippen LogP contribution in [0.25, 0.3) is 17.2 Å². The number of nitrogens with two attached hydrogens (primary N) is 1. The van der Waals surface area contributed by atoms with Gasteiger partial charge in [0, 0.05) is 0 Å². The van der Waals surface area contributed by atoms with Gasteiger partial charge in [0.2, 0.25) is 0 Å². The Balaban J connectivity index is 0.00000162. The van der Waals surface area contributed by atoms with Gasteiger partial charge in [-0.3, -0.25) is 0 Å². The molecule has 1 aromatic rings. The minimum absolute atomic E-state index is 0. The topological polar surface area (TPSA) is 56.8 Å². The van der Waals surface area contributed by atoms with E-state index in [-0.39, 0.29) is 32.6 Å². The maximum atomic E-state index is 6.16. The van der Waals surface area contributed by atoms with Crippen molar-refractivity contribution in [3.8, 4) is 5.75 Å². The van der Waals surface area contributed by atoms with Gasteiger partial charge in [-0.15, -0.1) is 0 Å². The summed E-state index contributed by atoms with van der Waals surface area (Å²) in [6, 6.07) is 3.65. The summed E-state index contributed by atoms with van der Waals surface area (Å²) in [6.45, 7) is 6.85. The third-order valence-corrected chi connectivity index (χ3v) is 2.76. The molecule has 2 N–H and O–H groups in total. The van der Waals surface area contributed by atoms with Gasteiger partial charge in [0.1, 0.15) is 0 Å². The summed E-state index contributed by atoms with van der Waals surface area (Å²) < 4.78 is 5.67. The second-order valence-electron chi connectivity index (χ2n) is 5.26. The Morgan fingerprint density at radius 2 is 1.63 bits per heavy atom. The van der Waals surface area contributed by atoms with E-state index in [4.69, 9.17) is 27.9 Å². The number of nitrogens with zero attached hydrogens (tertiary/aromatic N) is 1. The number of ether oxygens (including phenoxy) is 1. The van der Waals surface area contributed by atoms with Crippen LogP contribution in [0, 0.1) is 5.41 Å². The van der Waals surface area contributed by atoms with Crippen molar-refractivity contribution in [1.82, 2.24) is 0 Å². The zero-order valence-corrected chi connectivity index (χ0v) is 15.5. The van der Waals surface area contributed by atoms with Gasteiger partial charge in [-0.2, -0.15) is 11.9 Å². The molecule has 0 atom stereocenters. The zero-order valence-electron chi connectivity index (χ0n) is 11.0. The predicted molar refractivity (Wildman–Crippen MR) is 78.0 cm³/mol. The van der Waals surface area contributed by atoms with E-state index in [1.54, 1.807) is 6.20 Å².